The number of aliphatic hydroxyl groups is 2. The van der Waals surface area contributed by atoms with E-state index in [1.165, 1.54) is 42.1 Å². The Kier molecular flexibility index (Phi) is 19.8. The molecule has 0 saturated carbocycles. The lowest BCUT2D eigenvalue weighted by Gasteiger charge is -2.30. The number of nitrogens with two attached hydrogens (primary N) is 2. The first kappa shape index (κ1) is 61.2. The number of ketones is 1. The van der Waals surface area contributed by atoms with Crippen molar-refractivity contribution in [3.63, 3.8) is 0 Å². The average Bonchev–Trinajstić information content (AvgIpc) is 4.19. The fourth-order valence-corrected chi connectivity index (χ4v) is 8.57. The van der Waals surface area contributed by atoms with Gasteiger partial charge in [-0.25, -0.2) is 44.5 Å². The Morgan fingerprint density at radius 3 is 1.55 bits per heavy atom. The van der Waals surface area contributed by atoms with Gasteiger partial charge in [-0.05, 0) is 72.4 Å². The molecule has 2 aliphatic rings. The first-order valence-electron chi connectivity index (χ1n) is 23.2. The molecule has 0 aliphatic carbocycles. The number of carbonyl (C=O) groups excluding carboxylic acids is 2. The van der Waals surface area contributed by atoms with Crippen molar-refractivity contribution < 1.29 is 91.4 Å². The molecule has 80 heavy (non-hydrogen) atoms. The molecule has 2 aromatic carbocycles. The Hall–Kier alpha value is -8.02. The highest BCUT2D eigenvalue weighted by Gasteiger charge is 2.53. The van der Waals surface area contributed by atoms with Crippen LogP contribution in [0.4, 0.5) is 20.4 Å². The number of carboxylic acids is 3. The summed E-state index contributed by atoms with van der Waals surface area (Å²) in [6.45, 7) is 7.41. The summed E-state index contributed by atoms with van der Waals surface area (Å²) in [6.07, 6.45) is -11.8. The van der Waals surface area contributed by atoms with Crippen LogP contribution in [0.15, 0.2) is 61.2 Å². The number of imidazole rings is 2. The van der Waals surface area contributed by atoms with Crippen LogP contribution in [-0.4, -0.2) is 175 Å². The van der Waals surface area contributed by atoms with Crippen molar-refractivity contribution in [1.82, 2.24) is 39.0 Å². The van der Waals surface area contributed by atoms with Crippen molar-refractivity contribution in [1.29, 1.82) is 0 Å². The van der Waals surface area contributed by atoms with Gasteiger partial charge in [0, 0.05) is 12.8 Å². The number of nitrogens with zero attached hydrogens (tertiary/aromatic N) is 9. The Bertz CT molecular complexity index is 3250. The zero-order chi connectivity index (χ0) is 57.5. The summed E-state index contributed by atoms with van der Waals surface area (Å²) in [5.74, 6) is -6.05. The van der Waals surface area contributed by atoms with Crippen LogP contribution in [0, 0.1) is 6.57 Å². The second-order valence-corrected chi connectivity index (χ2v) is 18.0. The van der Waals surface area contributed by atoms with E-state index >= 15 is 8.78 Å². The van der Waals surface area contributed by atoms with Crippen LogP contribution in [0.5, 0.6) is 11.5 Å². The Balaban J connectivity index is 0.000000255. The van der Waals surface area contributed by atoms with Gasteiger partial charge in [-0.2, -0.15) is 19.9 Å². The molecule has 2 fully saturated rings. The van der Waals surface area contributed by atoms with Crippen molar-refractivity contribution in [2.45, 2.75) is 94.5 Å². The number of carbonyl (C=O) groups is 5. The minimum absolute atomic E-state index is 0. The van der Waals surface area contributed by atoms with Gasteiger partial charge in [-0.15, -0.1) is 0 Å². The number of alkyl halides is 2. The van der Waals surface area contributed by atoms with Crippen LogP contribution in [-0.2, 0) is 60.5 Å². The maximum Gasteiger partial charge on any atom is 0.357 e. The average molecular weight is 1160 g/mol. The van der Waals surface area contributed by atoms with Crippen LogP contribution in [0.3, 0.4) is 0 Å². The van der Waals surface area contributed by atoms with Gasteiger partial charge in [0.2, 0.25) is 16.2 Å². The highest BCUT2D eigenvalue weighted by molar-refractivity contribution is 6.29. The molecular formula is C48H51Cl2F2N11O17. The minimum Gasteiger partial charge on any atom is -0.482 e. The predicted molar refractivity (Wildman–Crippen MR) is 271 cm³/mol. The van der Waals surface area contributed by atoms with E-state index in [1.54, 1.807) is 31.2 Å². The molecule has 4 aromatic heterocycles. The number of halogens is 4. The molecule has 9 N–H and O–H groups in total. The number of aromatic nitrogens is 8. The third kappa shape index (κ3) is 13.0. The molecule has 428 valence electrons. The molecule has 28 nitrogen and oxygen atoms in total. The van der Waals surface area contributed by atoms with Crippen LogP contribution in [0.1, 0.15) is 44.9 Å². The molecule has 0 radical (unpaired) electrons. The summed E-state index contributed by atoms with van der Waals surface area (Å²) in [5.41, 5.74) is 7.69. The Labute approximate surface area is 460 Å². The summed E-state index contributed by atoms with van der Waals surface area (Å²) in [6, 6.07) is 11.7. The smallest absolute Gasteiger partial charge is 0.357 e. The molecule has 2 saturated heterocycles. The topological polar surface area (TPSA) is 395 Å². The third-order valence-electron chi connectivity index (χ3n) is 12.2. The highest BCUT2D eigenvalue weighted by atomic mass is 35.5. The standard InChI is InChI=1S/C25H26ClFN6O7.C22H21ClFN5O10.CH4/c1-4-37-23(36)25(13(2)34,9-14-5-7-15(8-6-14)38-12-29-3)39-10-16-19(35)17(27)22(40-16)33-11-30-18-20(28)31-24(26)32-21(18)33;23-21-27-16(25)14-17(28-21)29(8-26-14)18-13(24)15(32)11(39-18)6-38-22(19(33)34,20(35)36)5-9-1-3-10(4-2-9)37-7-12(30)31;/h5-8,11,16-17,19,22,35H,4,9-10,12H2,1-2H3,(H2,28,31,32);1-4,8,11,13,15,18,32H,5-7H2,(H,30,31)(H,33,34)(H,35,36)(H2,25,27,28);1H4/t16-,17+,19-,22-,25?;11-,13+,15-,18-;/m11./s1. The predicted octanol–water partition coefficient (Wildman–Crippen LogP) is 2.99. The molecule has 32 heteroatoms. The van der Waals surface area contributed by atoms with Crippen molar-refractivity contribution in [3.8, 4) is 11.5 Å². The van der Waals surface area contributed by atoms with E-state index in [-0.39, 0.29) is 83.0 Å². The van der Waals surface area contributed by atoms with Gasteiger partial charge in [0.25, 0.3) is 5.60 Å². The number of fused-ring (bicyclic) bond motifs is 2. The van der Waals surface area contributed by atoms with Gasteiger partial charge >= 0.3 is 30.6 Å². The lowest BCUT2D eigenvalue weighted by Crippen LogP contribution is -2.52. The van der Waals surface area contributed by atoms with Crippen LogP contribution in [0.25, 0.3) is 27.2 Å². The summed E-state index contributed by atoms with van der Waals surface area (Å²) >= 11 is 11.7. The van der Waals surface area contributed by atoms with E-state index in [0.29, 0.717) is 11.3 Å². The van der Waals surface area contributed by atoms with E-state index in [1.807, 2.05) is 0 Å². The van der Waals surface area contributed by atoms with E-state index in [9.17, 15) is 44.4 Å². The number of ether oxygens (including phenoxy) is 7. The number of benzene rings is 2. The number of aliphatic carboxylic acids is 3. The molecule has 9 atom stereocenters. The van der Waals surface area contributed by atoms with E-state index in [4.69, 9.17) is 79.5 Å². The fraction of sp³-hybridized carbons (Fsp3) is 0.417. The third-order valence-corrected chi connectivity index (χ3v) is 12.6. The van der Waals surface area contributed by atoms with E-state index in [0.717, 1.165) is 10.9 Å². The first-order chi connectivity index (χ1) is 37.5. The molecule has 1 unspecified atom stereocenters. The van der Waals surface area contributed by atoms with Crippen molar-refractivity contribution in [3.05, 3.63) is 94.3 Å². The lowest BCUT2D eigenvalue weighted by molar-refractivity contribution is -0.190. The van der Waals surface area contributed by atoms with Crippen LogP contribution >= 0.6 is 23.2 Å². The van der Waals surface area contributed by atoms with Gasteiger partial charge in [-0.3, -0.25) is 18.8 Å². The van der Waals surface area contributed by atoms with Gasteiger partial charge < -0.3 is 70.2 Å². The lowest BCUT2D eigenvalue weighted by atomic mass is 9.90. The zero-order valence-electron chi connectivity index (χ0n) is 41.2. The molecule has 6 aromatic rings. The largest absolute Gasteiger partial charge is 0.482 e. The fourth-order valence-electron chi connectivity index (χ4n) is 8.22. The van der Waals surface area contributed by atoms with Gasteiger partial charge in [0.15, 0.2) is 60.1 Å². The summed E-state index contributed by atoms with van der Waals surface area (Å²) in [5, 5.41) is 48.9. The highest BCUT2D eigenvalue weighted by Crippen LogP contribution is 2.38. The molecule has 0 spiro atoms. The normalized spacial score (nSPS) is 21.3. The van der Waals surface area contributed by atoms with Gasteiger partial charge in [0.1, 0.15) is 46.9 Å². The summed E-state index contributed by atoms with van der Waals surface area (Å²) < 4.78 is 70.6. The van der Waals surface area contributed by atoms with E-state index in [2.05, 4.69) is 34.7 Å². The molecule has 8 rings (SSSR count). The quantitative estimate of drug-likeness (QED) is 0.0222. The number of hydrogen-bond acceptors (Lipinski definition) is 22. The second kappa shape index (κ2) is 25.8. The number of aliphatic hydroxyl groups excluding tert-OH is 2. The number of anilines is 2. The zero-order valence-corrected chi connectivity index (χ0v) is 42.7. The van der Waals surface area contributed by atoms with Gasteiger partial charge in [0.05, 0.1) is 32.5 Å². The maximum absolute atomic E-state index is 15.3. The molecule has 0 bridgehead atoms. The second-order valence-electron chi connectivity index (χ2n) is 17.3. The Morgan fingerprint density at radius 2 is 1.15 bits per heavy atom. The SMILES string of the molecule is C.Nc1nc(Cl)nc2c1ncn2[C@@H]1O[C@H](COC(Cc2ccc(OCC(=O)O)cc2)(C(=O)O)C(=O)O)[C@@H](O)[C@@H]1F.[C-]#[N+]COc1ccc(CC(OC[C@H]2O[C@@H](n3cnc4c(N)nc(Cl)nc43)[C@@H](F)[C@@H]2O)(C(C)=O)C(=O)OCC)cc1. The van der Waals surface area contributed by atoms with Crippen molar-refractivity contribution in [2.24, 2.45) is 0 Å². The summed E-state index contributed by atoms with van der Waals surface area (Å²) in [4.78, 5) is 87.5. The molecule has 0 amide bonds. The number of carboxylic acid groups (broad SMARTS) is 3. The number of Topliss-reactive ketones (excluding diaryl/α,β-unsaturated/α-hetero) is 1. The summed E-state index contributed by atoms with van der Waals surface area (Å²) in [7, 11) is 0. The molecule has 2 aliphatic heterocycles. The van der Waals surface area contributed by atoms with Crippen LogP contribution < -0.4 is 20.9 Å². The van der Waals surface area contributed by atoms with E-state index < -0.39 is 116 Å². The number of nitrogen functional groups attached to an aromatic ring is 2. The first-order valence-corrected chi connectivity index (χ1v) is 24.0. The number of esters is 1. The molecular weight excluding hydrogens is 1110 g/mol. The van der Waals surface area contributed by atoms with Crippen molar-refractivity contribution in [2.75, 3.05) is 44.6 Å². The monoisotopic (exact) mass is 1160 g/mol. The maximum atomic E-state index is 15.3. The Morgan fingerprint density at radius 1 is 0.725 bits per heavy atom. The number of rotatable bonds is 22. The van der Waals surface area contributed by atoms with Crippen molar-refractivity contribution >= 4 is 86.8 Å². The number of hydrogen-bond donors (Lipinski definition) is 7. The van der Waals surface area contributed by atoms with Crippen LogP contribution in [0.2, 0.25) is 10.6 Å². The molecule has 6 heterocycles. The van der Waals surface area contributed by atoms with Gasteiger partial charge in [-0.1, -0.05) is 31.7 Å². The minimum atomic E-state index is -2.84.